The Bertz CT molecular complexity index is 537. The topological polar surface area (TPSA) is 42.3 Å². The van der Waals surface area contributed by atoms with Gasteiger partial charge in [0.1, 0.15) is 0 Å². The van der Waals surface area contributed by atoms with Crippen molar-refractivity contribution in [2.75, 3.05) is 21.1 Å². The fraction of sp³-hybridized carbons (Fsp3) is 0.143. The maximum Gasteiger partial charge on any atom is 3.00 e. The van der Waals surface area contributed by atoms with Crippen LogP contribution in [0.5, 0.6) is 0 Å². The van der Waals surface area contributed by atoms with Gasteiger partial charge in [0.25, 0.3) is 0 Å². The molecule has 0 amide bonds. The van der Waals surface area contributed by atoms with Gasteiger partial charge in [-0.2, -0.15) is 0 Å². The zero-order valence-electron chi connectivity index (χ0n) is 14.9. The van der Waals surface area contributed by atoms with Crippen molar-refractivity contribution in [3.8, 4) is 0 Å². The van der Waals surface area contributed by atoms with Gasteiger partial charge in [-0.3, -0.25) is 0 Å². The summed E-state index contributed by atoms with van der Waals surface area (Å²) in [4.78, 5) is 0. The van der Waals surface area contributed by atoms with Crippen LogP contribution in [0.4, 0.5) is 17.1 Å². The van der Waals surface area contributed by atoms with Gasteiger partial charge in [0.2, 0.25) is 0 Å². The maximum atomic E-state index is 3.97. The summed E-state index contributed by atoms with van der Waals surface area (Å²) in [5.41, 5.74) is 3.10. The Morgan fingerprint density at radius 2 is 0.600 bits per heavy atom. The van der Waals surface area contributed by atoms with Crippen molar-refractivity contribution in [2.24, 2.45) is 0 Å². The predicted molar refractivity (Wildman–Crippen MR) is 106 cm³/mol. The number of hydrogen-bond acceptors (Lipinski definition) is 0. The first-order valence-electron chi connectivity index (χ1n) is 7.74. The molecule has 3 nitrogen and oxygen atoms in total. The second kappa shape index (κ2) is 15.1. The van der Waals surface area contributed by atoms with E-state index in [-0.39, 0.29) is 17.4 Å². The molecule has 3 rings (SSSR count). The van der Waals surface area contributed by atoms with Crippen molar-refractivity contribution in [2.45, 2.75) is 0 Å². The molecule has 0 bridgehead atoms. The average Bonchev–Trinajstić information content (AvgIpc) is 2.71. The van der Waals surface area contributed by atoms with Crippen LogP contribution in [0.2, 0.25) is 0 Å². The minimum Gasteiger partial charge on any atom is -0.687 e. The molecule has 0 aliphatic carbocycles. The molecule has 0 saturated carbocycles. The summed E-state index contributed by atoms with van der Waals surface area (Å²) < 4.78 is 0. The van der Waals surface area contributed by atoms with E-state index >= 15 is 0 Å². The molecule has 0 aromatic heterocycles. The first-order chi connectivity index (χ1) is 11.8. The SMILES string of the molecule is C[N-]c1ccccc1.C[N-]c1ccccc1.C[N-]c1ccccc1.[Cr+3]. The molecule has 0 aliphatic heterocycles. The Balaban J connectivity index is 0.000000339. The third-order valence-electron chi connectivity index (χ3n) is 3.04. The third kappa shape index (κ3) is 10.9. The zero-order chi connectivity index (χ0) is 17.5. The van der Waals surface area contributed by atoms with Crippen molar-refractivity contribution in [1.82, 2.24) is 0 Å². The van der Waals surface area contributed by atoms with E-state index in [0.717, 1.165) is 17.1 Å². The van der Waals surface area contributed by atoms with Gasteiger partial charge in [-0.25, -0.2) is 0 Å². The van der Waals surface area contributed by atoms with Crippen LogP contribution >= 0.6 is 0 Å². The molecule has 0 fully saturated rings. The molecule has 25 heavy (non-hydrogen) atoms. The van der Waals surface area contributed by atoms with Crippen LogP contribution in [-0.4, -0.2) is 21.1 Å². The van der Waals surface area contributed by atoms with E-state index in [1.54, 1.807) is 21.1 Å². The third-order valence-corrected chi connectivity index (χ3v) is 3.04. The first kappa shape index (κ1) is 22.6. The van der Waals surface area contributed by atoms with Gasteiger partial charge in [-0.05, 0) is 0 Å². The molecule has 0 unspecified atom stereocenters. The van der Waals surface area contributed by atoms with Gasteiger partial charge >= 0.3 is 17.4 Å². The Hall–Kier alpha value is -2.41. The van der Waals surface area contributed by atoms with Crippen molar-refractivity contribution < 1.29 is 17.4 Å². The van der Waals surface area contributed by atoms with Crippen LogP contribution in [0, 0.1) is 0 Å². The van der Waals surface area contributed by atoms with Crippen LogP contribution in [0.25, 0.3) is 16.0 Å². The molecule has 1 radical (unpaired) electrons. The van der Waals surface area contributed by atoms with Crippen molar-refractivity contribution >= 4 is 17.1 Å². The fourth-order valence-electron chi connectivity index (χ4n) is 1.73. The van der Waals surface area contributed by atoms with Gasteiger partial charge in [0.05, 0.1) is 0 Å². The van der Waals surface area contributed by atoms with Crippen molar-refractivity contribution in [1.29, 1.82) is 0 Å². The van der Waals surface area contributed by atoms with E-state index in [0.29, 0.717) is 0 Å². The molecule has 0 heterocycles. The first-order valence-corrected chi connectivity index (χ1v) is 7.74. The van der Waals surface area contributed by atoms with E-state index in [1.807, 2.05) is 91.0 Å². The number of benzene rings is 3. The van der Waals surface area contributed by atoms with Crippen molar-refractivity contribution in [3.05, 3.63) is 107 Å². The van der Waals surface area contributed by atoms with Gasteiger partial charge < -0.3 is 16.0 Å². The van der Waals surface area contributed by atoms with Crippen LogP contribution in [0.1, 0.15) is 0 Å². The Labute approximate surface area is 162 Å². The van der Waals surface area contributed by atoms with E-state index in [1.165, 1.54) is 0 Å². The quantitative estimate of drug-likeness (QED) is 0.478. The van der Waals surface area contributed by atoms with Gasteiger partial charge in [0, 0.05) is 0 Å². The number of para-hydroxylation sites is 3. The standard InChI is InChI=1S/3C7H8N.Cr/c3*1-8-7-5-3-2-4-6-7;/h3*2-6H,1H3;/q3*-1;+3. The number of rotatable bonds is 3. The van der Waals surface area contributed by atoms with Gasteiger partial charge in [-0.15, -0.1) is 38.2 Å². The molecule has 0 atom stereocenters. The smallest absolute Gasteiger partial charge is 0.687 e. The van der Waals surface area contributed by atoms with Crippen LogP contribution in [-0.2, 0) is 17.4 Å². The van der Waals surface area contributed by atoms with E-state index < -0.39 is 0 Å². The van der Waals surface area contributed by atoms with Crippen molar-refractivity contribution in [3.63, 3.8) is 0 Å². The predicted octanol–water partition coefficient (Wildman–Crippen LogP) is 6.96. The summed E-state index contributed by atoms with van der Waals surface area (Å²) in [6.45, 7) is 0. The van der Waals surface area contributed by atoms with Gasteiger partial charge in [-0.1, -0.05) is 91.0 Å². The van der Waals surface area contributed by atoms with Gasteiger partial charge in [0.15, 0.2) is 0 Å². The number of hydrogen-bond donors (Lipinski definition) is 0. The molecule has 3 aromatic carbocycles. The second-order valence-corrected chi connectivity index (χ2v) is 4.68. The summed E-state index contributed by atoms with van der Waals surface area (Å²) in [6.07, 6.45) is 0. The average molecular weight is 370 g/mol. The fourth-order valence-corrected chi connectivity index (χ4v) is 1.73. The Morgan fingerprint density at radius 1 is 0.400 bits per heavy atom. The molecular formula is C21H24CrN3. The molecule has 0 spiro atoms. The molecule has 0 saturated heterocycles. The summed E-state index contributed by atoms with van der Waals surface area (Å²) in [7, 11) is 5.36. The normalized spacial score (nSPS) is 8.28. The maximum absolute atomic E-state index is 3.97. The van der Waals surface area contributed by atoms with Crippen LogP contribution < -0.4 is 0 Å². The summed E-state index contributed by atoms with van der Waals surface area (Å²) in [6, 6.07) is 29.6. The molecule has 3 aromatic rings. The van der Waals surface area contributed by atoms with E-state index in [2.05, 4.69) is 16.0 Å². The number of nitrogens with zero attached hydrogens (tertiary/aromatic N) is 3. The minimum atomic E-state index is 0. The molecule has 0 N–H and O–H groups in total. The summed E-state index contributed by atoms with van der Waals surface area (Å²) >= 11 is 0. The Kier molecular flexibility index (Phi) is 13.7. The van der Waals surface area contributed by atoms with E-state index in [4.69, 9.17) is 0 Å². The summed E-state index contributed by atoms with van der Waals surface area (Å²) in [5.74, 6) is 0. The molecule has 129 valence electrons. The molecular weight excluding hydrogens is 346 g/mol. The largest absolute Gasteiger partial charge is 3.00 e. The van der Waals surface area contributed by atoms with Crippen LogP contribution in [0.3, 0.4) is 0 Å². The monoisotopic (exact) mass is 370 g/mol. The minimum absolute atomic E-state index is 0. The van der Waals surface area contributed by atoms with E-state index in [9.17, 15) is 0 Å². The second-order valence-electron chi connectivity index (χ2n) is 4.68. The summed E-state index contributed by atoms with van der Waals surface area (Å²) in [5, 5.41) is 11.9. The molecule has 0 aliphatic rings. The molecule has 4 heteroatoms. The Morgan fingerprint density at radius 3 is 0.720 bits per heavy atom. The zero-order valence-corrected chi connectivity index (χ0v) is 16.2. The van der Waals surface area contributed by atoms with Crippen LogP contribution in [0.15, 0.2) is 91.0 Å².